The molecule has 0 unspecified atom stereocenters. The fourth-order valence-electron chi connectivity index (χ4n) is 6.34. The van der Waals surface area contributed by atoms with Crippen molar-refractivity contribution in [1.29, 1.82) is 0 Å². The summed E-state index contributed by atoms with van der Waals surface area (Å²) in [6, 6.07) is 11.5. The van der Waals surface area contributed by atoms with Crippen molar-refractivity contribution in [2.24, 2.45) is 17.6 Å². The number of β-lactam (4-membered cyclic amide) rings is 1. The Labute approximate surface area is 227 Å². The van der Waals surface area contributed by atoms with Gasteiger partial charge >= 0.3 is 0 Å². The van der Waals surface area contributed by atoms with E-state index in [0.717, 1.165) is 49.9 Å². The van der Waals surface area contributed by atoms with Crippen molar-refractivity contribution in [3.8, 4) is 5.75 Å². The van der Waals surface area contributed by atoms with Crippen LogP contribution < -0.4 is 15.6 Å². The lowest BCUT2D eigenvalue weighted by molar-refractivity contribution is -0.301. The molecule has 0 aliphatic carbocycles. The molecule has 0 radical (unpaired) electrons. The molecule has 2 saturated heterocycles. The van der Waals surface area contributed by atoms with Gasteiger partial charge in [0.25, 0.3) is 0 Å². The molecular formula is C29H35N4O6-. The second-order valence-corrected chi connectivity index (χ2v) is 10.8. The van der Waals surface area contributed by atoms with Crippen LogP contribution in [0, 0.1) is 11.8 Å². The summed E-state index contributed by atoms with van der Waals surface area (Å²) < 4.78 is 6.20. The van der Waals surface area contributed by atoms with Crippen molar-refractivity contribution in [3.05, 3.63) is 53.2 Å². The van der Waals surface area contributed by atoms with Gasteiger partial charge in [-0.3, -0.25) is 14.5 Å². The second-order valence-electron chi connectivity index (χ2n) is 10.8. The summed E-state index contributed by atoms with van der Waals surface area (Å²) in [6.45, 7) is 8.03. The minimum atomic E-state index is -1.41. The van der Waals surface area contributed by atoms with Gasteiger partial charge in [0.2, 0.25) is 11.8 Å². The fraction of sp³-hybridized carbons (Fsp3) is 0.483. The van der Waals surface area contributed by atoms with Crippen molar-refractivity contribution in [3.63, 3.8) is 0 Å². The first kappa shape index (κ1) is 27.1. The van der Waals surface area contributed by atoms with Gasteiger partial charge in [0, 0.05) is 44.0 Å². The van der Waals surface area contributed by atoms with Crippen LogP contribution in [-0.4, -0.2) is 95.6 Å². The van der Waals surface area contributed by atoms with Crippen LogP contribution in [0.25, 0.3) is 10.8 Å². The van der Waals surface area contributed by atoms with Gasteiger partial charge in [0.05, 0.1) is 36.3 Å². The number of aliphatic hydroxyl groups is 1. The van der Waals surface area contributed by atoms with Gasteiger partial charge in [0.1, 0.15) is 12.4 Å². The molecular weight excluding hydrogens is 500 g/mol. The van der Waals surface area contributed by atoms with Crippen LogP contribution in [0.1, 0.15) is 19.4 Å². The minimum absolute atomic E-state index is 0.0101. The number of nitrogens with zero attached hydrogens (tertiary/aromatic N) is 3. The van der Waals surface area contributed by atoms with E-state index in [1.165, 1.54) is 10.5 Å². The fourth-order valence-corrected chi connectivity index (χ4v) is 6.34. The predicted octanol–water partition coefficient (Wildman–Crippen LogP) is -0.274. The number of ether oxygens (including phenoxy) is 1. The molecule has 3 N–H and O–H groups in total. The molecule has 10 nitrogen and oxygen atoms in total. The van der Waals surface area contributed by atoms with Crippen LogP contribution >= 0.6 is 0 Å². The normalized spacial score (nSPS) is 24.5. The van der Waals surface area contributed by atoms with Crippen LogP contribution in [-0.2, 0) is 20.8 Å². The standard InChI is InChI=1S/C29H36N4O6/c1-17-22(27(29(37)38)33-26(17)25(18(2)34)28(33)36)16-39-23-8-4-6-20-19(5-3-7-21(20)23)9-10-31-11-13-32(14-12-31)15-24(30)35/h3-8,17-18,25-26,34H,9-16H2,1-2H3,(H2,30,35)(H,37,38)/p-1/t17-,18+,25+,26+/m0/s1. The SMILES string of the molecule is C[C@@H](O)[C@H]1C(=O)N2C(C(=O)[O-])=C(COc3cccc4c(CCN5CCN(CC(N)=O)CC5)cccc34)[C@H](C)[C@H]12. The number of carboxylic acid groups (broad SMARTS) is 1. The first-order valence-corrected chi connectivity index (χ1v) is 13.5. The number of benzene rings is 2. The molecule has 2 amide bonds. The summed E-state index contributed by atoms with van der Waals surface area (Å²) in [5.41, 5.74) is 6.88. The second kappa shape index (κ2) is 11.0. The monoisotopic (exact) mass is 535 g/mol. The summed E-state index contributed by atoms with van der Waals surface area (Å²) in [6.07, 6.45) is -0.00685. The van der Waals surface area contributed by atoms with Crippen LogP contribution in [0.5, 0.6) is 5.75 Å². The first-order chi connectivity index (χ1) is 18.7. The highest BCUT2D eigenvalue weighted by molar-refractivity contribution is 5.99. The van der Waals surface area contributed by atoms with Crippen LogP contribution in [0.4, 0.5) is 0 Å². The summed E-state index contributed by atoms with van der Waals surface area (Å²) >= 11 is 0. The number of aliphatic carboxylic acids is 1. The van der Waals surface area contributed by atoms with Gasteiger partial charge in [-0.2, -0.15) is 0 Å². The zero-order valence-corrected chi connectivity index (χ0v) is 22.3. The van der Waals surface area contributed by atoms with E-state index in [2.05, 4.69) is 21.9 Å². The number of hydrogen-bond acceptors (Lipinski definition) is 8. The third-order valence-electron chi connectivity index (χ3n) is 8.41. The van der Waals surface area contributed by atoms with Crippen LogP contribution in [0.2, 0.25) is 0 Å². The number of piperazine rings is 1. The van der Waals surface area contributed by atoms with E-state index in [0.29, 0.717) is 17.9 Å². The molecule has 2 aromatic carbocycles. The number of carbonyl (C=O) groups is 3. The van der Waals surface area contributed by atoms with Gasteiger partial charge in [-0.05, 0) is 35.9 Å². The van der Waals surface area contributed by atoms with Crippen molar-refractivity contribution in [1.82, 2.24) is 14.7 Å². The van der Waals surface area contributed by atoms with Crippen molar-refractivity contribution in [2.75, 3.05) is 45.9 Å². The van der Waals surface area contributed by atoms with Crippen LogP contribution in [0.3, 0.4) is 0 Å². The Morgan fingerprint density at radius 1 is 1.10 bits per heavy atom. The van der Waals surface area contributed by atoms with Crippen LogP contribution in [0.15, 0.2) is 47.7 Å². The Morgan fingerprint density at radius 2 is 1.77 bits per heavy atom. The summed E-state index contributed by atoms with van der Waals surface area (Å²) in [5, 5.41) is 24.1. The molecule has 208 valence electrons. The number of nitrogens with two attached hydrogens (primary N) is 1. The zero-order valence-electron chi connectivity index (χ0n) is 22.3. The van der Waals surface area contributed by atoms with E-state index in [4.69, 9.17) is 10.5 Å². The number of hydrogen-bond donors (Lipinski definition) is 2. The Kier molecular flexibility index (Phi) is 7.61. The largest absolute Gasteiger partial charge is 0.543 e. The topological polar surface area (TPSA) is 139 Å². The minimum Gasteiger partial charge on any atom is -0.543 e. The smallest absolute Gasteiger partial charge is 0.235 e. The molecule has 3 heterocycles. The number of aliphatic hydroxyl groups excluding tert-OH is 1. The lowest BCUT2D eigenvalue weighted by Crippen LogP contribution is -2.64. The number of carbonyl (C=O) groups excluding carboxylic acids is 3. The number of carboxylic acids is 1. The molecule has 0 bridgehead atoms. The number of amides is 2. The van der Waals surface area contributed by atoms with Gasteiger partial charge in [-0.15, -0.1) is 0 Å². The van der Waals surface area contributed by atoms with E-state index < -0.39 is 24.0 Å². The lowest BCUT2D eigenvalue weighted by atomic mass is 9.78. The Hall–Kier alpha value is -3.47. The quantitative estimate of drug-likeness (QED) is 0.396. The molecule has 3 aliphatic heterocycles. The highest BCUT2D eigenvalue weighted by atomic mass is 16.5. The van der Waals surface area contributed by atoms with E-state index in [1.54, 1.807) is 6.92 Å². The molecule has 0 aromatic heterocycles. The van der Waals surface area contributed by atoms with Gasteiger partial charge < -0.3 is 35.3 Å². The summed E-state index contributed by atoms with van der Waals surface area (Å²) in [5.74, 6) is -2.35. The van der Waals surface area contributed by atoms with Crippen molar-refractivity contribution >= 4 is 28.6 Å². The maximum absolute atomic E-state index is 12.6. The van der Waals surface area contributed by atoms with Gasteiger partial charge in [0.15, 0.2) is 0 Å². The molecule has 10 heteroatoms. The Bertz CT molecular complexity index is 1320. The number of primary amides is 1. The molecule has 0 spiro atoms. The van der Waals surface area contributed by atoms with E-state index in [-0.39, 0.29) is 30.0 Å². The lowest BCUT2D eigenvalue weighted by Gasteiger charge is -2.47. The molecule has 5 rings (SSSR count). The molecule has 39 heavy (non-hydrogen) atoms. The highest BCUT2D eigenvalue weighted by Crippen LogP contribution is 2.47. The average Bonchev–Trinajstić information content (AvgIpc) is 3.14. The molecule has 2 fully saturated rings. The maximum Gasteiger partial charge on any atom is 0.235 e. The average molecular weight is 536 g/mol. The van der Waals surface area contributed by atoms with E-state index in [9.17, 15) is 24.6 Å². The summed E-state index contributed by atoms with van der Waals surface area (Å²) in [4.78, 5) is 41.5. The Balaban J connectivity index is 1.29. The zero-order chi connectivity index (χ0) is 27.8. The molecule has 4 atom stereocenters. The summed E-state index contributed by atoms with van der Waals surface area (Å²) in [7, 11) is 0. The van der Waals surface area contributed by atoms with Gasteiger partial charge in [-0.1, -0.05) is 37.3 Å². The third kappa shape index (κ3) is 5.11. The van der Waals surface area contributed by atoms with Gasteiger partial charge in [-0.25, -0.2) is 0 Å². The van der Waals surface area contributed by atoms with E-state index >= 15 is 0 Å². The first-order valence-electron chi connectivity index (χ1n) is 13.5. The predicted molar refractivity (Wildman–Crippen MR) is 142 cm³/mol. The third-order valence-corrected chi connectivity index (χ3v) is 8.41. The maximum atomic E-state index is 12.6. The molecule has 0 saturated carbocycles. The number of fused-ring (bicyclic) bond motifs is 2. The van der Waals surface area contributed by atoms with E-state index in [1.807, 2.05) is 31.2 Å². The molecule has 3 aliphatic rings. The Morgan fingerprint density at radius 3 is 2.44 bits per heavy atom. The molecule has 2 aromatic rings. The van der Waals surface area contributed by atoms with Crippen molar-refractivity contribution < 1.29 is 29.3 Å². The number of rotatable bonds is 10. The highest BCUT2D eigenvalue weighted by Gasteiger charge is 2.58. The van der Waals surface area contributed by atoms with Crippen molar-refractivity contribution in [2.45, 2.75) is 32.4 Å².